The zero-order valence-electron chi connectivity index (χ0n) is 48.9. The molecule has 0 aliphatic carbocycles. The van der Waals surface area contributed by atoms with Gasteiger partial charge in [0, 0.05) is 19.3 Å². The van der Waals surface area contributed by atoms with Crippen LogP contribution in [0, 0.1) is 0 Å². The molecular formula is C67H122O6. The van der Waals surface area contributed by atoms with Gasteiger partial charge in [-0.25, -0.2) is 0 Å². The number of carbonyl (C=O) groups excluding carboxylic acids is 3. The summed E-state index contributed by atoms with van der Waals surface area (Å²) in [5, 5.41) is 0. The third-order valence-corrected chi connectivity index (χ3v) is 14.3. The van der Waals surface area contributed by atoms with Crippen LogP contribution in [0.3, 0.4) is 0 Å². The van der Waals surface area contributed by atoms with E-state index in [1.54, 1.807) is 0 Å². The van der Waals surface area contributed by atoms with Gasteiger partial charge in [0.15, 0.2) is 6.10 Å². The van der Waals surface area contributed by atoms with E-state index >= 15 is 0 Å². The van der Waals surface area contributed by atoms with Gasteiger partial charge >= 0.3 is 17.9 Å². The summed E-state index contributed by atoms with van der Waals surface area (Å²) in [5.41, 5.74) is 0. The van der Waals surface area contributed by atoms with Gasteiger partial charge in [-0.3, -0.25) is 14.4 Å². The molecule has 0 rings (SSSR count). The molecular weight excluding hydrogens is 901 g/mol. The Balaban J connectivity index is 4.01. The first-order chi connectivity index (χ1) is 36.0. The van der Waals surface area contributed by atoms with Gasteiger partial charge in [0.2, 0.25) is 0 Å². The summed E-state index contributed by atoms with van der Waals surface area (Å²) in [6.45, 7) is 6.62. The fraction of sp³-hybridized carbons (Fsp3) is 0.836. The lowest BCUT2D eigenvalue weighted by Crippen LogP contribution is -2.30. The van der Waals surface area contributed by atoms with Crippen LogP contribution in [0.25, 0.3) is 0 Å². The summed E-state index contributed by atoms with van der Waals surface area (Å²) in [6.07, 6.45) is 77.2. The SMILES string of the molecule is CCCCCC/C=C\CCCCCCCC(=O)OC(COC(=O)CCCCCCCCCCC)COC(=O)CCCCCCCCCCCCCCCCCCCC/C=C\C/C=C\C/C=C\CCCCCCC. The number of ether oxygens (including phenoxy) is 3. The molecule has 6 nitrogen and oxygen atoms in total. The Morgan fingerprint density at radius 2 is 0.493 bits per heavy atom. The monoisotopic (exact) mass is 1020 g/mol. The third kappa shape index (κ3) is 60.1. The van der Waals surface area contributed by atoms with Crippen molar-refractivity contribution in [3.8, 4) is 0 Å². The molecule has 0 aliphatic rings. The Bertz CT molecular complexity index is 1270. The van der Waals surface area contributed by atoms with Gasteiger partial charge in [0.25, 0.3) is 0 Å². The van der Waals surface area contributed by atoms with Crippen molar-refractivity contribution >= 4 is 17.9 Å². The molecule has 0 saturated heterocycles. The Hall–Kier alpha value is -2.63. The highest BCUT2D eigenvalue weighted by Crippen LogP contribution is 2.17. The van der Waals surface area contributed by atoms with Gasteiger partial charge in [-0.1, -0.05) is 288 Å². The molecule has 426 valence electrons. The molecule has 0 heterocycles. The summed E-state index contributed by atoms with van der Waals surface area (Å²) in [4.78, 5) is 38.0. The van der Waals surface area contributed by atoms with E-state index in [1.807, 2.05) is 0 Å². The average Bonchev–Trinajstić information content (AvgIpc) is 3.39. The Morgan fingerprint density at radius 1 is 0.274 bits per heavy atom. The van der Waals surface area contributed by atoms with Crippen LogP contribution in [0.1, 0.15) is 342 Å². The van der Waals surface area contributed by atoms with E-state index in [9.17, 15) is 14.4 Å². The lowest BCUT2D eigenvalue weighted by molar-refractivity contribution is -0.167. The van der Waals surface area contributed by atoms with Crippen LogP contribution in [0.5, 0.6) is 0 Å². The molecule has 0 aromatic carbocycles. The lowest BCUT2D eigenvalue weighted by atomic mass is 10.0. The number of unbranched alkanes of at least 4 members (excludes halogenated alkanes) is 40. The molecule has 1 atom stereocenters. The first-order valence-corrected chi connectivity index (χ1v) is 32.1. The molecule has 0 radical (unpaired) electrons. The molecule has 6 heteroatoms. The minimum absolute atomic E-state index is 0.0719. The zero-order chi connectivity index (χ0) is 52.9. The molecule has 0 spiro atoms. The van der Waals surface area contributed by atoms with Gasteiger partial charge in [-0.05, 0) is 83.5 Å². The molecule has 0 aromatic heterocycles. The quantitative estimate of drug-likeness (QED) is 0.0261. The van der Waals surface area contributed by atoms with Gasteiger partial charge in [0.05, 0.1) is 0 Å². The van der Waals surface area contributed by atoms with E-state index in [0.717, 1.165) is 77.0 Å². The van der Waals surface area contributed by atoms with Gasteiger partial charge in [0.1, 0.15) is 13.2 Å². The van der Waals surface area contributed by atoms with E-state index in [2.05, 4.69) is 69.4 Å². The van der Waals surface area contributed by atoms with Crippen molar-refractivity contribution in [3.63, 3.8) is 0 Å². The maximum absolute atomic E-state index is 12.8. The van der Waals surface area contributed by atoms with Crippen LogP contribution < -0.4 is 0 Å². The maximum Gasteiger partial charge on any atom is 0.306 e. The minimum atomic E-state index is -0.772. The molecule has 0 fully saturated rings. The van der Waals surface area contributed by atoms with Crippen LogP contribution in [-0.2, 0) is 28.6 Å². The summed E-state index contributed by atoms with van der Waals surface area (Å²) < 4.78 is 16.8. The fourth-order valence-corrected chi connectivity index (χ4v) is 9.45. The standard InChI is InChI=1S/C67H122O6/c1-4-7-10-13-16-19-21-23-24-25-26-27-28-29-30-31-32-33-34-35-36-37-38-39-40-41-42-44-45-48-51-54-57-60-66(69)72-63-64(62-71-65(68)59-56-53-50-47-18-15-12-9-6-3)73-67(70)61-58-55-52-49-46-43-22-20-17-14-11-8-5-2/h20-23,25-26,28-29,64H,4-19,24,27,30-63H2,1-3H3/b22-20-,23-21-,26-25-,29-28-. The molecule has 0 aliphatic heterocycles. The first kappa shape index (κ1) is 70.4. The van der Waals surface area contributed by atoms with Crippen molar-refractivity contribution in [1.82, 2.24) is 0 Å². The Labute approximate surface area is 454 Å². The van der Waals surface area contributed by atoms with Gasteiger partial charge in [-0.15, -0.1) is 0 Å². The number of rotatable bonds is 59. The normalized spacial score (nSPS) is 12.3. The van der Waals surface area contributed by atoms with Gasteiger partial charge < -0.3 is 14.2 Å². The molecule has 73 heavy (non-hydrogen) atoms. The van der Waals surface area contributed by atoms with Crippen molar-refractivity contribution < 1.29 is 28.6 Å². The van der Waals surface area contributed by atoms with Crippen molar-refractivity contribution in [1.29, 1.82) is 0 Å². The molecule has 1 unspecified atom stereocenters. The van der Waals surface area contributed by atoms with E-state index in [0.29, 0.717) is 19.3 Å². The summed E-state index contributed by atoms with van der Waals surface area (Å²) >= 11 is 0. The highest BCUT2D eigenvalue weighted by molar-refractivity contribution is 5.71. The van der Waals surface area contributed by atoms with Crippen molar-refractivity contribution in [2.45, 2.75) is 348 Å². The number of hydrogen-bond donors (Lipinski definition) is 0. The van der Waals surface area contributed by atoms with E-state index < -0.39 is 6.10 Å². The van der Waals surface area contributed by atoms with Crippen LogP contribution in [-0.4, -0.2) is 37.2 Å². The zero-order valence-corrected chi connectivity index (χ0v) is 48.9. The minimum Gasteiger partial charge on any atom is -0.462 e. The molecule has 0 saturated carbocycles. The van der Waals surface area contributed by atoms with E-state index in [1.165, 1.54) is 225 Å². The number of hydrogen-bond acceptors (Lipinski definition) is 6. The lowest BCUT2D eigenvalue weighted by Gasteiger charge is -2.18. The first-order valence-electron chi connectivity index (χ1n) is 32.1. The molecule has 0 amide bonds. The second kappa shape index (κ2) is 61.9. The Morgan fingerprint density at radius 3 is 0.795 bits per heavy atom. The van der Waals surface area contributed by atoms with Crippen LogP contribution in [0.15, 0.2) is 48.6 Å². The number of esters is 3. The predicted octanol–water partition coefficient (Wildman–Crippen LogP) is 21.8. The highest BCUT2D eigenvalue weighted by atomic mass is 16.6. The van der Waals surface area contributed by atoms with Crippen LogP contribution in [0.2, 0.25) is 0 Å². The van der Waals surface area contributed by atoms with Crippen molar-refractivity contribution in [3.05, 3.63) is 48.6 Å². The molecule has 0 bridgehead atoms. The maximum atomic E-state index is 12.8. The van der Waals surface area contributed by atoms with Crippen LogP contribution >= 0.6 is 0 Å². The highest BCUT2D eigenvalue weighted by Gasteiger charge is 2.19. The topological polar surface area (TPSA) is 78.9 Å². The van der Waals surface area contributed by atoms with E-state index in [-0.39, 0.29) is 31.1 Å². The molecule has 0 N–H and O–H groups in total. The number of carbonyl (C=O) groups is 3. The second-order valence-corrected chi connectivity index (χ2v) is 21.7. The average molecular weight is 1020 g/mol. The summed E-state index contributed by atoms with van der Waals surface area (Å²) in [5.74, 6) is -0.867. The van der Waals surface area contributed by atoms with Crippen LogP contribution in [0.4, 0.5) is 0 Å². The van der Waals surface area contributed by atoms with E-state index in [4.69, 9.17) is 14.2 Å². The largest absolute Gasteiger partial charge is 0.462 e. The van der Waals surface area contributed by atoms with Gasteiger partial charge in [-0.2, -0.15) is 0 Å². The smallest absolute Gasteiger partial charge is 0.306 e. The third-order valence-electron chi connectivity index (χ3n) is 14.3. The van der Waals surface area contributed by atoms with Crippen molar-refractivity contribution in [2.24, 2.45) is 0 Å². The fourth-order valence-electron chi connectivity index (χ4n) is 9.45. The summed E-state index contributed by atoms with van der Waals surface area (Å²) in [7, 11) is 0. The molecule has 0 aromatic rings. The Kier molecular flexibility index (Phi) is 59.7. The van der Waals surface area contributed by atoms with Crippen molar-refractivity contribution in [2.75, 3.05) is 13.2 Å². The number of allylic oxidation sites excluding steroid dienone is 8. The second-order valence-electron chi connectivity index (χ2n) is 21.7. The predicted molar refractivity (Wildman–Crippen MR) is 316 cm³/mol. The summed E-state index contributed by atoms with van der Waals surface area (Å²) in [6, 6.07) is 0.